The molecule has 0 bridgehead atoms. The third kappa shape index (κ3) is 4.91. The van der Waals surface area contributed by atoms with Crippen molar-refractivity contribution >= 4 is 25.0 Å². The first-order chi connectivity index (χ1) is 14.5. The molecule has 9 nitrogen and oxygen atoms in total. The highest BCUT2D eigenvalue weighted by Crippen LogP contribution is 2.65. The molecule has 2 aliphatic heterocycles. The number of hydrogen-bond acceptors (Lipinski definition) is 5. The van der Waals surface area contributed by atoms with Crippen LogP contribution in [0, 0.1) is 22.7 Å². The second kappa shape index (κ2) is 8.20. The van der Waals surface area contributed by atoms with Crippen LogP contribution in [0.4, 0.5) is 4.79 Å². The minimum absolute atomic E-state index is 0.0299. The Morgan fingerprint density at radius 2 is 1.78 bits per heavy atom. The largest absolute Gasteiger partial charge is 0.478 e. The van der Waals surface area contributed by atoms with Crippen molar-refractivity contribution in [1.82, 2.24) is 20.9 Å². The van der Waals surface area contributed by atoms with Gasteiger partial charge in [-0.3, -0.25) is 9.59 Å². The van der Waals surface area contributed by atoms with Crippen molar-refractivity contribution in [3.8, 4) is 0 Å². The minimum Gasteiger partial charge on any atom is -0.426 e. The van der Waals surface area contributed by atoms with Crippen LogP contribution in [0.15, 0.2) is 0 Å². The minimum atomic E-state index is -1.03. The van der Waals surface area contributed by atoms with E-state index in [4.69, 9.17) is 4.65 Å². The number of carbonyl (C=O) groups is 3. The Balaban J connectivity index is 1.80. The van der Waals surface area contributed by atoms with E-state index in [2.05, 4.69) is 29.8 Å². The third-order valence-electron chi connectivity index (χ3n) is 7.03. The van der Waals surface area contributed by atoms with Crippen molar-refractivity contribution in [2.45, 2.75) is 85.4 Å². The van der Waals surface area contributed by atoms with Gasteiger partial charge in [-0.15, -0.1) is 0 Å². The fraction of sp³-hybridized carbons (Fsp3) is 0.864. The molecular weight excluding hydrogens is 411 g/mol. The molecule has 3 fully saturated rings. The van der Waals surface area contributed by atoms with Crippen LogP contribution in [0.25, 0.3) is 0 Å². The summed E-state index contributed by atoms with van der Waals surface area (Å²) in [5.74, 6) is -0.717. The van der Waals surface area contributed by atoms with Crippen LogP contribution in [0.3, 0.4) is 0 Å². The summed E-state index contributed by atoms with van der Waals surface area (Å²) in [6.07, 6.45) is 0.532. The molecular formula is C22H39BN4O5. The maximum Gasteiger partial charge on any atom is 0.478 e. The molecule has 0 spiro atoms. The van der Waals surface area contributed by atoms with Gasteiger partial charge in [-0.1, -0.05) is 34.6 Å². The zero-order valence-corrected chi connectivity index (χ0v) is 20.6. The number of piperidine rings is 1. The van der Waals surface area contributed by atoms with Gasteiger partial charge < -0.3 is 30.5 Å². The summed E-state index contributed by atoms with van der Waals surface area (Å²) < 4.78 is 5.15. The van der Waals surface area contributed by atoms with Crippen LogP contribution >= 0.6 is 0 Å². The van der Waals surface area contributed by atoms with E-state index in [9.17, 15) is 19.4 Å². The molecule has 1 saturated carbocycles. The number of hydrogen-bond donors (Lipinski definition) is 4. The highest BCUT2D eigenvalue weighted by molar-refractivity contribution is 6.46. The summed E-state index contributed by atoms with van der Waals surface area (Å²) >= 11 is 0. The number of rotatable bonds is 4. The molecule has 4 amide bonds. The molecule has 4 N–H and O–H groups in total. The lowest BCUT2D eigenvalue weighted by Gasteiger charge is -2.38. The van der Waals surface area contributed by atoms with Gasteiger partial charge in [0.2, 0.25) is 11.8 Å². The van der Waals surface area contributed by atoms with Crippen molar-refractivity contribution in [3.63, 3.8) is 0 Å². The molecule has 0 aromatic rings. The molecule has 1 aliphatic carbocycles. The molecule has 0 unspecified atom stereocenters. The van der Waals surface area contributed by atoms with E-state index in [0.717, 1.165) is 0 Å². The van der Waals surface area contributed by atoms with Gasteiger partial charge in [0.15, 0.2) is 0 Å². The van der Waals surface area contributed by atoms with E-state index in [1.807, 2.05) is 41.5 Å². The summed E-state index contributed by atoms with van der Waals surface area (Å²) in [6, 6.07) is -1.84. The molecule has 2 saturated heterocycles. The molecule has 3 aliphatic rings. The van der Waals surface area contributed by atoms with E-state index in [1.54, 1.807) is 4.90 Å². The number of carbonyl (C=O) groups excluding carboxylic acids is 3. The predicted molar refractivity (Wildman–Crippen MR) is 121 cm³/mol. The summed E-state index contributed by atoms with van der Waals surface area (Å²) in [7, 11) is -1.03. The first-order valence-corrected chi connectivity index (χ1v) is 11.5. The van der Waals surface area contributed by atoms with Crippen LogP contribution in [-0.4, -0.2) is 71.6 Å². The van der Waals surface area contributed by atoms with Gasteiger partial charge in [0.1, 0.15) is 12.1 Å². The average Bonchev–Trinajstić information content (AvgIpc) is 2.97. The number of amides is 4. The zero-order valence-electron chi connectivity index (χ0n) is 20.6. The Hall–Kier alpha value is -1.81. The predicted octanol–water partition coefficient (Wildman–Crippen LogP) is 0.907. The average molecular weight is 450 g/mol. The molecule has 180 valence electrons. The number of urea groups is 1. The molecule has 5 atom stereocenters. The molecule has 32 heavy (non-hydrogen) atoms. The Morgan fingerprint density at radius 3 is 2.28 bits per heavy atom. The van der Waals surface area contributed by atoms with Gasteiger partial charge in [0.25, 0.3) is 0 Å². The Labute approximate surface area is 191 Å². The van der Waals surface area contributed by atoms with E-state index < -0.39 is 42.1 Å². The maximum atomic E-state index is 13.7. The normalized spacial score (nSPS) is 29.9. The van der Waals surface area contributed by atoms with Crippen LogP contribution in [0.5, 0.6) is 0 Å². The monoisotopic (exact) mass is 450 g/mol. The van der Waals surface area contributed by atoms with Gasteiger partial charge in [-0.05, 0) is 49.9 Å². The zero-order chi connectivity index (χ0) is 24.2. The molecule has 10 heteroatoms. The van der Waals surface area contributed by atoms with Crippen LogP contribution in [-0.2, 0) is 14.2 Å². The summed E-state index contributed by atoms with van der Waals surface area (Å²) in [5, 5.41) is 18.5. The van der Waals surface area contributed by atoms with Crippen LogP contribution < -0.4 is 16.0 Å². The summed E-state index contributed by atoms with van der Waals surface area (Å²) in [6.45, 7) is 16.4. The second-order valence-electron chi connectivity index (χ2n) is 12.2. The van der Waals surface area contributed by atoms with Crippen molar-refractivity contribution in [2.24, 2.45) is 22.7 Å². The number of nitrogens with zero attached hydrogens (tertiary/aromatic N) is 1. The van der Waals surface area contributed by atoms with Gasteiger partial charge >= 0.3 is 13.1 Å². The van der Waals surface area contributed by atoms with Crippen molar-refractivity contribution in [1.29, 1.82) is 0 Å². The van der Waals surface area contributed by atoms with Crippen molar-refractivity contribution in [2.75, 3.05) is 13.2 Å². The van der Waals surface area contributed by atoms with Gasteiger partial charge in [-0.2, -0.15) is 0 Å². The van der Waals surface area contributed by atoms with Gasteiger partial charge in [0, 0.05) is 18.7 Å². The highest BCUT2D eigenvalue weighted by Gasteiger charge is 2.70. The quantitative estimate of drug-likeness (QED) is 0.475. The topological polar surface area (TPSA) is 120 Å². The molecule has 2 heterocycles. The summed E-state index contributed by atoms with van der Waals surface area (Å²) in [4.78, 5) is 41.2. The van der Waals surface area contributed by atoms with Crippen LogP contribution in [0.2, 0.25) is 0 Å². The molecule has 3 rings (SSSR count). The van der Waals surface area contributed by atoms with Gasteiger partial charge in [-0.25, -0.2) is 4.79 Å². The first-order valence-electron chi connectivity index (χ1n) is 11.5. The lowest BCUT2D eigenvalue weighted by atomic mass is 9.80. The fourth-order valence-electron chi connectivity index (χ4n) is 5.12. The number of likely N-dealkylation sites (tertiary alicyclic amines) is 1. The number of fused-ring (bicyclic) bond motifs is 1. The van der Waals surface area contributed by atoms with E-state index in [-0.39, 0.29) is 29.1 Å². The molecule has 0 aromatic carbocycles. The number of nitrogens with one attached hydrogen (secondary N) is 3. The molecule has 0 radical (unpaired) electrons. The standard InChI is InChI=1S/C22H39BN4O5/c1-20(2,3)16(25-19(30)26-21(4,5)6)18(29)27-11-12-14(22(12,7)8)15(27)17(28)24-13-9-10-32-23(13)31/h12-16,31H,9-11H2,1-8H3,(H,24,28)(H2,25,26,30)/t12-,13-,14-,15-,16+/m0/s1. The first kappa shape index (κ1) is 24.8. The Morgan fingerprint density at radius 1 is 1.16 bits per heavy atom. The van der Waals surface area contributed by atoms with Gasteiger partial charge in [0.05, 0.1) is 5.94 Å². The van der Waals surface area contributed by atoms with E-state index >= 15 is 0 Å². The Bertz CT molecular complexity index is 775. The highest BCUT2D eigenvalue weighted by atomic mass is 16.5. The fourth-order valence-corrected chi connectivity index (χ4v) is 5.12. The smallest absolute Gasteiger partial charge is 0.426 e. The maximum absolute atomic E-state index is 13.7. The van der Waals surface area contributed by atoms with E-state index in [1.165, 1.54) is 0 Å². The van der Waals surface area contributed by atoms with Crippen LogP contribution in [0.1, 0.15) is 61.8 Å². The van der Waals surface area contributed by atoms with Crippen molar-refractivity contribution in [3.05, 3.63) is 0 Å². The second-order valence-corrected chi connectivity index (χ2v) is 12.2. The third-order valence-corrected chi connectivity index (χ3v) is 7.03. The van der Waals surface area contributed by atoms with E-state index in [0.29, 0.717) is 19.6 Å². The van der Waals surface area contributed by atoms with Crippen molar-refractivity contribution < 1.29 is 24.1 Å². The molecule has 0 aromatic heterocycles. The SMILES string of the molecule is CC(C)(C)NC(=O)N[C@H](C(=O)N1C[C@H]2[C@@H]([C@H]1C(=O)N[C@H]1CCOB1O)C2(C)C)C(C)(C)C. The lowest BCUT2D eigenvalue weighted by molar-refractivity contribution is -0.143. The Kier molecular flexibility index (Phi) is 6.36. The summed E-state index contributed by atoms with van der Waals surface area (Å²) in [5.41, 5.74) is -1.02. The lowest BCUT2D eigenvalue weighted by Crippen LogP contribution is -2.62.